The summed E-state index contributed by atoms with van der Waals surface area (Å²) in [6, 6.07) is 4.58. The van der Waals surface area contributed by atoms with E-state index in [9.17, 15) is 20.0 Å². The predicted octanol–water partition coefficient (Wildman–Crippen LogP) is 2.69. The van der Waals surface area contributed by atoms with Gasteiger partial charge >= 0.3 is 11.8 Å². The molecule has 1 aliphatic heterocycles. The zero-order chi connectivity index (χ0) is 18.8. The molecule has 1 saturated heterocycles. The number of methoxy groups -OCH3 is 1. The normalized spacial score (nSPS) is 20.9. The molecule has 2 unspecified atom stereocenters. The highest BCUT2D eigenvalue weighted by molar-refractivity contribution is 5.68. The summed E-state index contributed by atoms with van der Waals surface area (Å²) in [5.74, 6) is -0.0716. The van der Waals surface area contributed by atoms with Gasteiger partial charge in [0.25, 0.3) is 0 Å². The molecule has 1 heterocycles. The highest BCUT2D eigenvalue weighted by Gasteiger charge is 2.34. The summed E-state index contributed by atoms with van der Waals surface area (Å²) in [4.78, 5) is 24.1. The first-order valence-electron chi connectivity index (χ1n) is 8.10. The molecular formula is C17H24N2O6. The number of aliphatic hydroxyl groups is 1. The maximum absolute atomic E-state index is 12.1. The Balaban J connectivity index is 2.11. The van der Waals surface area contributed by atoms with Gasteiger partial charge in [-0.3, -0.25) is 10.1 Å². The number of aliphatic hydroxyl groups excluding tert-OH is 1. The molecule has 2 atom stereocenters. The number of nitrogens with zero attached hydrogens (tertiary/aromatic N) is 2. The topological polar surface area (TPSA) is 102 Å². The van der Waals surface area contributed by atoms with Crippen molar-refractivity contribution in [1.82, 2.24) is 4.90 Å². The fourth-order valence-corrected chi connectivity index (χ4v) is 2.89. The van der Waals surface area contributed by atoms with Gasteiger partial charge in [0.2, 0.25) is 0 Å². The van der Waals surface area contributed by atoms with Crippen LogP contribution >= 0.6 is 0 Å². The van der Waals surface area contributed by atoms with Gasteiger partial charge in [0, 0.05) is 18.5 Å². The lowest BCUT2D eigenvalue weighted by atomic mass is 9.87. The number of benzene rings is 1. The highest BCUT2D eigenvalue weighted by Crippen LogP contribution is 2.35. The zero-order valence-electron chi connectivity index (χ0n) is 14.9. The molecule has 0 aliphatic carbocycles. The zero-order valence-corrected chi connectivity index (χ0v) is 14.9. The molecule has 2 rings (SSSR count). The van der Waals surface area contributed by atoms with Crippen molar-refractivity contribution >= 4 is 11.8 Å². The summed E-state index contributed by atoms with van der Waals surface area (Å²) in [6.07, 6.45) is -0.708. The van der Waals surface area contributed by atoms with Gasteiger partial charge in [-0.15, -0.1) is 0 Å². The van der Waals surface area contributed by atoms with Crippen molar-refractivity contribution in [3.8, 4) is 5.75 Å². The third kappa shape index (κ3) is 4.60. The van der Waals surface area contributed by atoms with Crippen molar-refractivity contribution in [2.75, 3.05) is 20.2 Å². The van der Waals surface area contributed by atoms with E-state index in [4.69, 9.17) is 9.47 Å². The van der Waals surface area contributed by atoms with Gasteiger partial charge in [0.15, 0.2) is 5.75 Å². The van der Waals surface area contributed by atoms with Crippen LogP contribution in [-0.4, -0.2) is 52.9 Å². The smallest absolute Gasteiger partial charge is 0.410 e. The number of piperidine rings is 1. The van der Waals surface area contributed by atoms with Crippen molar-refractivity contribution in [2.45, 2.75) is 44.8 Å². The number of carbonyl (C=O) groups is 1. The standard InChI is InChI=1S/C17H24N2O6/c1-17(2,3)25-16(21)18-8-7-12(14(20)10-18)11-5-6-13(19(22)23)15(9-11)24-4/h5-6,9,12,14,20H,7-8,10H2,1-4H3. The summed E-state index contributed by atoms with van der Waals surface area (Å²) in [5, 5.41) is 21.4. The lowest BCUT2D eigenvalue weighted by Gasteiger charge is -2.36. The number of nitro groups is 1. The molecule has 8 heteroatoms. The first kappa shape index (κ1) is 19.0. The van der Waals surface area contributed by atoms with E-state index >= 15 is 0 Å². The molecule has 0 aromatic heterocycles. The Hall–Kier alpha value is -2.35. The lowest BCUT2D eigenvalue weighted by Crippen LogP contribution is -2.47. The number of rotatable bonds is 3. The average Bonchev–Trinajstić information content (AvgIpc) is 2.52. The van der Waals surface area contributed by atoms with E-state index in [1.54, 1.807) is 32.9 Å². The molecule has 25 heavy (non-hydrogen) atoms. The van der Waals surface area contributed by atoms with E-state index in [0.717, 1.165) is 5.56 Å². The number of ether oxygens (including phenoxy) is 2. The van der Waals surface area contributed by atoms with Crippen LogP contribution in [0.1, 0.15) is 38.7 Å². The van der Waals surface area contributed by atoms with Crippen LogP contribution in [0.15, 0.2) is 18.2 Å². The molecule has 0 spiro atoms. The van der Waals surface area contributed by atoms with Crippen LogP contribution in [0.25, 0.3) is 0 Å². The Labute approximate surface area is 146 Å². The summed E-state index contributed by atoms with van der Waals surface area (Å²) < 4.78 is 10.4. The molecule has 0 saturated carbocycles. The van der Waals surface area contributed by atoms with E-state index in [1.807, 2.05) is 0 Å². The Morgan fingerprint density at radius 2 is 2.08 bits per heavy atom. The van der Waals surface area contributed by atoms with Crippen molar-refractivity contribution in [2.24, 2.45) is 0 Å². The van der Waals surface area contributed by atoms with Crippen molar-refractivity contribution < 1.29 is 24.3 Å². The number of amides is 1. The van der Waals surface area contributed by atoms with Crippen LogP contribution in [0, 0.1) is 10.1 Å². The third-order valence-electron chi connectivity index (χ3n) is 4.06. The summed E-state index contributed by atoms with van der Waals surface area (Å²) in [5.41, 5.74) is 0.0377. The summed E-state index contributed by atoms with van der Waals surface area (Å²) in [6.45, 7) is 5.96. The van der Waals surface area contributed by atoms with Crippen molar-refractivity contribution in [3.63, 3.8) is 0 Å². The molecule has 1 aromatic rings. The Morgan fingerprint density at radius 1 is 1.40 bits per heavy atom. The summed E-state index contributed by atoms with van der Waals surface area (Å²) in [7, 11) is 1.37. The van der Waals surface area contributed by atoms with Gasteiger partial charge in [-0.05, 0) is 38.8 Å². The van der Waals surface area contributed by atoms with Crippen LogP contribution in [0.5, 0.6) is 5.75 Å². The van der Waals surface area contributed by atoms with Crippen molar-refractivity contribution in [1.29, 1.82) is 0 Å². The highest BCUT2D eigenvalue weighted by atomic mass is 16.6. The van der Waals surface area contributed by atoms with Gasteiger partial charge in [-0.1, -0.05) is 6.07 Å². The Bertz CT molecular complexity index is 655. The second kappa shape index (κ2) is 7.26. The fraction of sp³-hybridized carbons (Fsp3) is 0.588. The minimum absolute atomic E-state index is 0.119. The maximum Gasteiger partial charge on any atom is 0.410 e. The number of carbonyl (C=O) groups excluding carboxylic acids is 1. The molecule has 0 radical (unpaired) electrons. The van der Waals surface area contributed by atoms with Gasteiger partial charge in [0.1, 0.15) is 5.60 Å². The number of hydrogen-bond acceptors (Lipinski definition) is 6. The SMILES string of the molecule is COc1cc(C2CCN(C(=O)OC(C)(C)C)CC2O)ccc1[N+](=O)[O-]. The second-order valence-electron chi connectivity index (χ2n) is 7.08. The molecule has 1 fully saturated rings. The molecule has 1 amide bonds. The molecule has 8 nitrogen and oxygen atoms in total. The summed E-state index contributed by atoms with van der Waals surface area (Å²) >= 11 is 0. The molecule has 1 aromatic carbocycles. The first-order valence-corrected chi connectivity index (χ1v) is 8.10. The molecule has 138 valence electrons. The van der Waals surface area contributed by atoms with E-state index in [1.165, 1.54) is 18.1 Å². The minimum Gasteiger partial charge on any atom is -0.490 e. The third-order valence-corrected chi connectivity index (χ3v) is 4.06. The minimum atomic E-state index is -0.785. The van der Waals surface area contributed by atoms with E-state index in [0.29, 0.717) is 13.0 Å². The molecule has 0 bridgehead atoms. The van der Waals surface area contributed by atoms with Crippen molar-refractivity contribution in [3.05, 3.63) is 33.9 Å². The monoisotopic (exact) mass is 352 g/mol. The first-order chi connectivity index (χ1) is 11.6. The van der Waals surface area contributed by atoms with Gasteiger partial charge in [-0.25, -0.2) is 4.79 Å². The van der Waals surface area contributed by atoms with E-state index < -0.39 is 22.7 Å². The van der Waals surface area contributed by atoms with Crippen LogP contribution in [0.3, 0.4) is 0 Å². The van der Waals surface area contributed by atoms with E-state index in [-0.39, 0.29) is 23.9 Å². The Morgan fingerprint density at radius 3 is 2.60 bits per heavy atom. The quantitative estimate of drug-likeness (QED) is 0.663. The average molecular weight is 352 g/mol. The molecular weight excluding hydrogens is 328 g/mol. The Kier molecular flexibility index (Phi) is 5.52. The lowest BCUT2D eigenvalue weighted by molar-refractivity contribution is -0.385. The predicted molar refractivity (Wildman–Crippen MR) is 90.8 cm³/mol. The van der Waals surface area contributed by atoms with Gasteiger partial charge in [-0.2, -0.15) is 0 Å². The van der Waals surface area contributed by atoms with Crippen LogP contribution < -0.4 is 4.74 Å². The van der Waals surface area contributed by atoms with Gasteiger partial charge < -0.3 is 19.5 Å². The van der Waals surface area contributed by atoms with Crippen LogP contribution in [-0.2, 0) is 4.74 Å². The molecule has 1 N–H and O–H groups in total. The number of hydrogen-bond donors (Lipinski definition) is 1. The number of likely N-dealkylation sites (tertiary alicyclic amines) is 1. The molecule has 1 aliphatic rings. The van der Waals surface area contributed by atoms with Crippen LogP contribution in [0.2, 0.25) is 0 Å². The van der Waals surface area contributed by atoms with Gasteiger partial charge in [0.05, 0.1) is 24.7 Å². The second-order valence-corrected chi connectivity index (χ2v) is 7.08. The number of nitro benzene ring substituents is 1. The number of β-amino-alcohol motifs (C(OH)–C–C–N with tert-alkyl or cyclic N) is 1. The fourth-order valence-electron chi connectivity index (χ4n) is 2.89. The maximum atomic E-state index is 12.1. The largest absolute Gasteiger partial charge is 0.490 e. The van der Waals surface area contributed by atoms with Crippen LogP contribution in [0.4, 0.5) is 10.5 Å². The van der Waals surface area contributed by atoms with E-state index in [2.05, 4.69) is 0 Å².